The van der Waals surface area contributed by atoms with E-state index < -0.39 is 0 Å². The highest BCUT2D eigenvalue weighted by Gasteiger charge is 2.19. The fourth-order valence-corrected chi connectivity index (χ4v) is 4.32. The molecule has 0 saturated carbocycles. The van der Waals surface area contributed by atoms with Crippen LogP contribution in [0.15, 0.2) is 66.9 Å². The Hall–Kier alpha value is -2.54. The molecule has 1 nitrogen and oxygen atoms in total. The van der Waals surface area contributed by atoms with Crippen LogP contribution < -0.4 is 0 Å². The van der Waals surface area contributed by atoms with Crippen molar-refractivity contribution in [3.8, 4) is 0 Å². The number of fused-ring (bicyclic) bond motifs is 2. The number of aryl methyl sites for hydroxylation is 4. The molecule has 0 atom stereocenters. The van der Waals surface area contributed by atoms with Gasteiger partial charge in [0.15, 0.2) is 0 Å². The van der Waals surface area contributed by atoms with E-state index in [1.807, 2.05) is 27.7 Å². The molecular formula is C34H53N. The summed E-state index contributed by atoms with van der Waals surface area (Å²) in [6, 6.07) is 13.5. The Balaban J connectivity index is 0.000000637. The zero-order valence-electron chi connectivity index (χ0n) is 24.6. The van der Waals surface area contributed by atoms with Crippen LogP contribution in [0.25, 0.3) is 5.57 Å². The summed E-state index contributed by atoms with van der Waals surface area (Å²) in [6.07, 6.45) is 6.90. The van der Waals surface area contributed by atoms with Crippen molar-refractivity contribution in [2.75, 3.05) is 6.54 Å². The Bertz CT molecular complexity index is 891. The van der Waals surface area contributed by atoms with Gasteiger partial charge in [0.2, 0.25) is 0 Å². The van der Waals surface area contributed by atoms with E-state index in [1.165, 1.54) is 69.5 Å². The van der Waals surface area contributed by atoms with Gasteiger partial charge in [0, 0.05) is 24.4 Å². The second kappa shape index (κ2) is 17.8. The molecule has 0 fully saturated rings. The molecular weight excluding hydrogens is 422 g/mol. The quantitative estimate of drug-likeness (QED) is 0.375. The number of unbranched alkanes of at least 4 members (excludes halogenated alkanes) is 1. The number of allylic oxidation sites excluding steroid dienone is 4. The molecule has 1 aliphatic rings. The van der Waals surface area contributed by atoms with E-state index in [2.05, 4.69) is 102 Å². The van der Waals surface area contributed by atoms with E-state index >= 15 is 0 Å². The molecule has 2 aromatic carbocycles. The Kier molecular flexibility index (Phi) is 16.5. The van der Waals surface area contributed by atoms with Gasteiger partial charge >= 0.3 is 0 Å². The molecule has 0 amide bonds. The summed E-state index contributed by atoms with van der Waals surface area (Å²) in [6.45, 7) is 30.8. The maximum atomic E-state index is 4.08. The van der Waals surface area contributed by atoms with Gasteiger partial charge in [-0.05, 0) is 78.0 Å². The lowest BCUT2D eigenvalue weighted by molar-refractivity contribution is 0.326. The first-order chi connectivity index (χ1) is 16.6. The Morgan fingerprint density at radius 3 is 1.74 bits per heavy atom. The van der Waals surface area contributed by atoms with Crippen molar-refractivity contribution in [3.63, 3.8) is 0 Å². The Morgan fingerprint density at radius 1 is 0.829 bits per heavy atom. The first kappa shape index (κ1) is 32.5. The predicted octanol–water partition coefficient (Wildman–Crippen LogP) is 10.5. The van der Waals surface area contributed by atoms with E-state index in [4.69, 9.17) is 0 Å². The lowest BCUT2D eigenvalue weighted by atomic mass is 9.99. The standard InChI is InChI=1S/C19H27N.C9H12.C4H8.C2H6/c1-5-8-9-19-18(7-3)17-12-15(4)11-16(13-17)14-20(19)10-6-2;1-7-4-8(2)6-9(3)5-7;1-4(2)3;1-2/h7,11-13H,3,5-6,8-10,14H2,1-2,4H3;4-6H,1-3H3;1H2,2-3H3;1-2H3. The van der Waals surface area contributed by atoms with Crippen LogP contribution in [0.1, 0.15) is 101 Å². The Morgan fingerprint density at radius 2 is 1.31 bits per heavy atom. The molecule has 3 rings (SSSR count). The summed E-state index contributed by atoms with van der Waals surface area (Å²) < 4.78 is 0. The summed E-state index contributed by atoms with van der Waals surface area (Å²) in [7, 11) is 0. The molecule has 2 aromatic rings. The van der Waals surface area contributed by atoms with Crippen molar-refractivity contribution in [3.05, 3.63) is 100 Å². The van der Waals surface area contributed by atoms with Crippen molar-refractivity contribution in [1.82, 2.24) is 4.90 Å². The molecule has 35 heavy (non-hydrogen) atoms. The van der Waals surface area contributed by atoms with Crippen LogP contribution in [0.5, 0.6) is 0 Å². The monoisotopic (exact) mass is 475 g/mol. The number of hydrogen-bond acceptors (Lipinski definition) is 1. The van der Waals surface area contributed by atoms with E-state index in [0.717, 1.165) is 19.5 Å². The predicted molar refractivity (Wildman–Crippen MR) is 161 cm³/mol. The second-order valence-electron chi connectivity index (χ2n) is 9.67. The van der Waals surface area contributed by atoms with Crippen LogP contribution in [0.2, 0.25) is 0 Å². The van der Waals surface area contributed by atoms with Crippen LogP contribution in [-0.2, 0) is 6.54 Å². The normalized spacial score (nSPS) is 11.7. The van der Waals surface area contributed by atoms with Gasteiger partial charge in [-0.25, -0.2) is 0 Å². The summed E-state index contributed by atoms with van der Waals surface area (Å²) >= 11 is 0. The minimum Gasteiger partial charge on any atom is -0.370 e. The highest BCUT2D eigenvalue weighted by Crippen LogP contribution is 2.32. The van der Waals surface area contributed by atoms with Gasteiger partial charge in [-0.2, -0.15) is 0 Å². The fourth-order valence-electron chi connectivity index (χ4n) is 4.32. The van der Waals surface area contributed by atoms with Crippen molar-refractivity contribution in [2.24, 2.45) is 0 Å². The molecule has 1 aliphatic heterocycles. The minimum absolute atomic E-state index is 1.04. The first-order valence-corrected chi connectivity index (χ1v) is 13.5. The van der Waals surface area contributed by atoms with Gasteiger partial charge in [-0.3, -0.25) is 0 Å². The Labute approximate surface area is 218 Å². The van der Waals surface area contributed by atoms with Gasteiger partial charge < -0.3 is 4.90 Å². The van der Waals surface area contributed by atoms with Crippen molar-refractivity contribution < 1.29 is 0 Å². The molecule has 0 saturated heterocycles. The third-order valence-electron chi connectivity index (χ3n) is 5.35. The number of nitrogens with zero attached hydrogens (tertiary/aromatic N) is 1. The number of benzene rings is 2. The molecule has 194 valence electrons. The summed E-state index contributed by atoms with van der Waals surface area (Å²) in [5.74, 6) is 0. The maximum Gasteiger partial charge on any atom is 0.0426 e. The zero-order valence-corrected chi connectivity index (χ0v) is 24.6. The number of rotatable bonds is 6. The molecule has 0 aliphatic carbocycles. The molecule has 1 heteroatoms. The van der Waals surface area contributed by atoms with Gasteiger partial charge in [0.1, 0.15) is 0 Å². The zero-order chi connectivity index (χ0) is 27.0. The van der Waals surface area contributed by atoms with E-state index in [0.29, 0.717) is 0 Å². The third-order valence-corrected chi connectivity index (χ3v) is 5.35. The fraction of sp³-hybridized carbons (Fsp3) is 0.471. The van der Waals surface area contributed by atoms with Crippen LogP contribution in [0.4, 0.5) is 0 Å². The molecule has 0 spiro atoms. The van der Waals surface area contributed by atoms with Gasteiger partial charge in [0.05, 0.1) is 0 Å². The molecule has 0 aromatic heterocycles. The van der Waals surface area contributed by atoms with E-state index in [1.54, 1.807) is 0 Å². The van der Waals surface area contributed by atoms with Crippen LogP contribution >= 0.6 is 0 Å². The van der Waals surface area contributed by atoms with Crippen LogP contribution in [0, 0.1) is 27.7 Å². The average Bonchev–Trinajstić information content (AvgIpc) is 2.86. The first-order valence-electron chi connectivity index (χ1n) is 13.5. The topological polar surface area (TPSA) is 3.24 Å². The molecule has 2 bridgehead atoms. The van der Waals surface area contributed by atoms with Crippen molar-refractivity contribution in [2.45, 2.75) is 101 Å². The van der Waals surface area contributed by atoms with Crippen molar-refractivity contribution >= 4 is 5.57 Å². The highest BCUT2D eigenvalue weighted by molar-refractivity contribution is 5.77. The lowest BCUT2D eigenvalue weighted by Gasteiger charge is -2.27. The maximum absolute atomic E-state index is 4.08. The molecule has 0 radical (unpaired) electrons. The summed E-state index contributed by atoms with van der Waals surface area (Å²) in [5, 5.41) is 0. The average molecular weight is 476 g/mol. The molecule has 0 unspecified atom stereocenters. The summed E-state index contributed by atoms with van der Waals surface area (Å²) in [5.41, 5.74) is 12.2. The summed E-state index contributed by atoms with van der Waals surface area (Å²) in [4.78, 5) is 2.56. The third kappa shape index (κ3) is 12.6. The second-order valence-corrected chi connectivity index (χ2v) is 9.67. The van der Waals surface area contributed by atoms with Crippen LogP contribution in [0.3, 0.4) is 0 Å². The van der Waals surface area contributed by atoms with Gasteiger partial charge in [-0.1, -0.05) is 105 Å². The lowest BCUT2D eigenvalue weighted by Crippen LogP contribution is -2.23. The minimum atomic E-state index is 1.04. The number of hydrogen-bond donors (Lipinski definition) is 0. The largest absolute Gasteiger partial charge is 0.370 e. The van der Waals surface area contributed by atoms with Crippen LogP contribution in [-0.4, -0.2) is 11.4 Å². The SMILES string of the molecule is C=C(C)C.C=CC1=C(CCCC)N(CCC)Cc2cc(C)cc1c2.CC.Cc1cc(C)cc(C)c1. The van der Waals surface area contributed by atoms with Crippen molar-refractivity contribution in [1.29, 1.82) is 0 Å². The highest BCUT2D eigenvalue weighted by atomic mass is 15.1. The van der Waals surface area contributed by atoms with Gasteiger partial charge in [-0.15, -0.1) is 6.58 Å². The molecule has 1 heterocycles. The van der Waals surface area contributed by atoms with E-state index in [-0.39, 0.29) is 0 Å². The molecule has 0 N–H and O–H groups in total. The van der Waals surface area contributed by atoms with E-state index in [9.17, 15) is 0 Å². The smallest absolute Gasteiger partial charge is 0.0426 e. The van der Waals surface area contributed by atoms with Gasteiger partial charge in [0.25, 0.3) is 0 Å².